The van der Waals surface area contributed by atoms with Crippen molar-refractivity contribution in [3.05, 3.63) is 0 Å². The maximum absolute atomic E-state index is 12.1. The monoisotopic (exact) mass is 213 g/mol. The number of urea groups is 1. The topological polar surface area (TPSA) is 35.6 Å². The summed E-state index contributed by atoms with van der Waals surface area (Å²) in [6, 6.07) is 0.215. The lowest BCUT2D eigenvalue weighted by molar-refractivity contribution is 0.148. The van der Waals surface area contributed by atoms with Crippen LogP contribution in [0, 0.1) is 0 Å². The third-order valence-electron chi connectivity index (χ3n) is 2.82. The highest BCUT2D eigenvalue weighted by Crippen LogP contribution is 2.03. The van der Waals surface area contributed by atoms with Crippen molar-refractivity contribution in [3.63, 3.8) is 0 Å². The van der Waals surface area contributed by atoms with E-state index in [-0.39, 0.29) is 6.03 Å². The molecule has 0 spiro atoms. The van der Waals surface area contributed by atoms with E-state index in [1.807, 2.05) is 9.80 Å². The molecule has 1 aliphatic heterocycles. The normalized spacial score (nSPS) is 16.5. The highest BCUT2D eigenvalue weighted by molar-refractivity contribution is 5.74. The first-order chi connectivity index (χ1) is 7.29. The molecule has 0 aromatic rings. The molecule has 0 unspecified atom stereocenters. The van der Waals surface area contributed by atoms with Crippen molar-refractivity contribution in [1.82, 2.24) is 15.1 Å². The molecule has 1 N–H and O–H groups in total. The molecule has 88 valence electrons. The molecule has 0 aromatic heterocycles. The van der Waals surface area contributed by atoms with Gasteiger partial charge in [0.25, 0.3) is 0 Å². The van der Waals surface area contributed by atoms with Crippen LogP contribution in [0.1, 0.15) is 26.7 Å². The predicted octanol–water partition coefficient (Wildman–Crippen LogP) is 1.13. The van der Waals surface area contributed by atoms with E-state index < -0.39 is 0 Å². The van der Waals surface area contributed by atoms with Crippen LogP contribution in [0.25, 0.3) is 0 Å². The molecule has 0 bridgehead atoms. The van der Waals surface area contributed by atoms with Crippen molar-refractivity contribution in [2.24, 2.45) is 0 Å². The summed E-state index contributed by atoms with van der Waals surface area (Å²) < 4.78 is 0. The Morgan fingerprint density at radius 1 is 1.33 bits per heavy atom. The lowest BCUT2D eigenvalue weighted by Crippen LogP contribution is -2.51. The Hall–Kier alpha value is -0.770. The molecule has 0 aromatic carbocycles. The number of hydrogen-bond donors (Lipinski definition) is 1. The molecule has 1 saturated heterocycles. The van der Waals surface area contributed by atoms with E-state index in [1.54, 1.807) is 0 Å². The van der Waals surface area contributed by atoms with Crippen molar-refractivity contribution < 1.29 is 4.79 Å². The van der Waals surface area contributed by atoms with Crippen molar-refractivity contribution in [2.75, 3.05) is 39.3 Å². The predicted molar refractivity (Wildman–Crippen MR) is 62.0 cm³/mol. The number of carbonyl (C=O) groups is 1. The van der Waals surface area contributed by atoms with Gasteiger partial charge in [-0.3, -0.25) is 0 Å². The molecule has 0 saturated carbocycles. The number of unbranched alkanes of at least 4 members (excludes halogenated alkanes) is 1. The number of rotatable bonds is 4. The van der Waals surface area contributed by atoms with E-state index in [0.29, 0.717) is 0 Å². The Morgan fingerprint density at radius 3 is 2.53 bits per heavy atom. The van der Waals surface area contributed by atoms with E-state index in [1.165, 1.54) is 0 Å². The van der Waals surface area contributed by atoms with Gasteiger partial charge in [-0.2, -0.15) is 0 Å². The van der Waals surface area contributed by atoms with Gasteiger partial charge in [0.05, 0.1) is 0 Å². The first-order valence-electron chi connectivity index (χ1n) is 6.04. The summed E-state index contributed by atoms with van der Waals surface area (Å²) >= 11 is 0. The summed E-state index contributed by atoms with van der Waals surface area (Å²) in [5.41, 5.74) is 0. The molecule has 4 heteroatoms. The van der Waals surface area contributed by atoms with Gasteiger partial charge in [0.2, 0.25) is 0 Å². The van der Waals surface area contributed by atoms with Gasteiger partial charge in [0.15, 0.2) is 0 Å². The van der Waals surface area contributed by atoms with Crippen LogP contribution >= 0.6 is 0 Å². The van der Waals surface area contributed by atoms with E-state index in [9.17, 15) is 4.79 Å². The maximum atomic E-state index is 12.1. The summed E-state index contributed by atoms with van der Waals surface area (Å²) in [6.45, 7) is 9.48. The van der Waals surface area contributed by atoms with Crippen molar-refractivity contribution >= 4 is 6.03 Å². The van der Waals surface area contributed by atoms with Gasteiger partial charge in [0.1, 0.15) is 0 Å². The lowest BCUT2D eigenvalue weighted by atomic mass is 10.3. The maximum Gasteiger partial charge on any atom is 0.320 e. The third kappa shape index (κ3) is 3.70. The Kier molecular flexibility index (Phi) is 5.47. The second kappa shape index (κ2) is 6.67. The van der Waals surface area contributed by atoms with Gasteiger partial charge in [-0.05, 0) is 13.3 Å². The van der Waals surface area contributed by atoms with Crippen LogP contribution < -0.4 is 5.32 Å². The smallest absolute Gasteiger partial charge is 0.320 e. The van der Waals surface area contributed by atoms with Gasteiger partial charge in [-0.1, -0.05) is 13.3 Å². The molecule has 4 nitrogen and oxygen atoms in total. The molecule has 1 heterocycles. The average Bonchev–Trinajstić information content (AvgIpc) is 2.31. The molecule has 0 atom stereocenters. The van der Waals surface area contributed by atoms with E-state index in [0.717, 1.165) is 52.1 Å². The van der Waals surface area contributed by atoms with Crippen LogP contribution in [-0.4, -0.2) is 55.1 Å². The zero-order valence-electron chi connectivity index (χ0n) is 9.96. The second-order valence-electron chi connectivity index (χ2n) is 3.95. The van der Waals surface area contributed by atoms with Crippen molar-refractivity contribution in [1.29, 1.82) is 0 Å². The lowest BCUT2D eigenvalue weighted by Gasteiger charge is -2.32. The third-order valence-corrected chi connectivity index (χ3v) is 2.82. The molecule has 0 radical (unpaired) electrons. The van der Waals surface area contributed by atoms with Crippen LogP contribution in [0.15, 0.2) is 0 Å². The fourth-order valence-electron chi connectivity index (χ4n) is 1.79. The number of carbonyl (C=O) groups excluding carboxylic acids is 1. The Morgan fingerprint density at radius 2 is 2.00 bits per heavy atom. The number of amides is 2. The summed E-state index contributed by atoms with van der Waals surface area (Å²) in [7, 11) is 0. The summed E-state index contributed by atoms with van der Waals surface area (Å²) in [5, 5.41) is 3.26. The number of nitrogens with zero attached hydrogens (tertiary/aromatic N) is 2. The fraction of sp³-hybridized carbons (Fsp3) is 0.909. The van der Waals surface area contributed by atoms with Crippen LogP contribution in [0.4, 0.5) is 4.79 Å². The zero-order chi connectivity index (χ0) is 11.1. The molecule has 1 rings (SSSR count). The quantitative estimate of drug-likeness (QED) is 0.760. The first kappa shape index (κ1) is 12.3. The fourth-order valence-corrected chi connectivity index (χ4v) is 1.79. The SMILES string of the molecule is CCCCN(CC)C(=O)N1CCNCC1. The largest absolute Gasteiger partial charge is 0.325 e. The molecule has 1 aliphatic rings. The van der Waals surface area contributed by atoms with Crippen molar-refractivity contribution in [2.45, 2.75) is 26.7 Å². The second-order valence-corrected chi connectivity index (χ2v) is 3.95. The molecular weight excluding hydrogens is 190 g/mol. The van der Waals surface area contributed by atoms with Crippen molar-refractivity contribution in [3.8, 4) is 0 Å². The van der Waals surface area contributed by atoms with E-state index in [2.05, 4.69) is 19.2 Å². The average molecular weight is 213 g/mol. The summed E-state index contributed by atoms with van der Waals surface area (Å²) in [4.78, 5) is 16.0. The van der Waals surface area contributed by atoms with Gasteiger partial charge in [-0.15, -0.1) is 0 Å². The molecular formula is C11H23N3O. The minimum absolute atomic E-state index is 0.215. The van der Waals surface area contributed by atoms with E-state index in [4.69, 9.17) is 0 Å². The standard InChI is InChI=1S/C11H23N3O/c1-3-5-8-13(4-2)11(15)14-9-6-12-7-10-14/h12H,3-10H2,1-2H3. The van der Waals surface area contributed by atoms with Crippen LogP contribution in [0.3, 0.4) is 0 Å². The number of nitrogens with one attached hydrogen (secondary N) is 1. The van der Waals surface area contributed by atoms with Crippen LogP contribution in [-0.2, 0) is 0 Å². The first-order valence-corrected chi connectivity index (χ1v) is 6.04. The summed E-state index contributed by atoms with van der Waals surface area (Å²) in [5.74, 6) is 0. The zero-order valence-corrected chi connectivity index (χ0v) is 9.96. The van der Waals surface area contributed by atoms with Gasteiger partial charge in [-0.25, -0.2) is 4.79 Å². The Balaban J connectivity index is 2.40. The highest BCUT2D eigenvalue weighted by atomic mass is 16.2. The molecule has 15 heavy (non-hydrogen) atoms. The Labute approximate surface area is 92.6 Å². The van der Waals surface area contributed by atoms with Gasteiger partial charge in [0, 0.05) is 39.3 Å². The minimum atomic E-state index is 0.215. The number of piperazine rings is 1. The van der Waals surface area contributed by atoms with Gasteiger partial charge < -0.3 is 15.1 Å². The van der Waals surface area contributed by atoms with Crippen LogP contribution in [0.5, 0.6) is 0 Å². The molecule has 1 fully saturated rings. The Bertz CT molecular complexity index is 190. The number of hydrogen-bond acceptors (Lipinski definition) is 2. The minimum Gasteiger partial charge on any atom is -0.325 e. The highest BCUT2D eigenvalue weighted by Gasteiger charge is 2.20. The summed E-state index contributed by atoms with van der Waals surface area (Å²) in [6.07, 6.45) is 2.25. The van der Waals surface area contributed by atoms with E-state index >= 15 is 0 Å². The molecule has 0 aliphatic carbocycles. The molecule has 2 amide bonds. The van der Waals surface area contributed by atoms with Gasteiger partial charge >= 0.3 is 6.03 Å². The van der Waals surface area contributed by atoms with Crippen LogP contribution in [0.2, 0.25) is 0 Å².